The van der Waals surface area contributed by atoms with Crippen molar-refractivity contribution in [2.75, 3.05) is 0 Å². The summed E-state index contributed by atoms with van der Waals surface area (Å²) in [6, 6.07) is 0. The smallest absolute Gasteiger partial charge is 0.0953 e. The molecule has 1 atom stereocenters. The van der Waals surface area contributed by atoms with Gasteiger partial charge in [0.15, 0.2) is 0 Å². The molecule has 0 aromatic rings. The van der Waals surface area contributed by atoms with Crippen molar-refractivity contribution < 1.29 is 5.11 Å². The number of allylic oxidation sites excluding steroid dienone is 1. The zero-order valence-electron chi connectivity index (χ0n) is 11.0. The van der Waals surface area contributed by atoms with E-state index < -0.39 is 13.3 Å². The molecule has 2 heteroatoms. The van der Waals surface area contributed by atoms with Gasteiger partial charge in [-0.3, -0.25) is 0 Å². The van der Waals surface area contributed by atoms with E-state index in [-0.39, 0.29) is 5.04 Å². The highest BCUT2D eigenvalue weighted by Gasteiger charge is 2.49. The number of rotatable bonds is 2. The van der Waals surface area contributed by atoms with Crippen molar-refractivity contribution >= 4 is 8.07 Å². The van der Waals surface area contributed by atoms with E-state index in [2.05, 4.69) is 33.9 Å². The van der Waals surface area contributed by atoms with Crippen LogP contribution >= 0.6 is 0 Å². The Balaban J connectivity index is 5.29. The number of aliphatic hydroxyl groups is 1. The molecule has 0 rings (SSSR count). The Labute approximate surface area is 90.2 Å². The van der Waals surface area contributed by atoms with Crippen LogP contribution in [-0.4, -0.2) is 18.4 Å². The summed E-state index contributed by atoms with van der Waals surface area (Å²) < 4.78 is 0. The molecule has 0 saturated carbocycles. The molecule has 0 radical (unpaired) electrons. The lowest BCUT2D eigenvalue weighted by atomic mass is 10.2. The molecule has 84 valence electrons. The number of hydrogen-bond acceptors (Lipinski definition) is 1. The predicted molar refractivity (Wildman–Crippen MR) is 67.3 cm³/mol. The van der Waals surface area contributed by atoms with Gasteiger partial charge in [-0.15, -0.1) is 0 Å². The first-order valence-corrected chi connectivity index (χ1v) is 8.34. The third-order valence-electron chi connectivity index (χ3n) is 4.29. The van der Waals surface area contributed by atoms with E-state index in [1.54, 1.807) is 0 Å². The normalized spacial score (nSPS) is 19.4. The molecular weight excluding hydrogens is 188 g/mol. The van der Waals surface area contributed by atoms with Gasteiger partial charge in [-0.05, 0) is 31.4 Å². The average molecular weight is 214 g/mol. The molecule has 0 aliphatic rings. The topological polar surface area (TPSA) is 20.2 Å². The lowest BCUT2D eigenvalue weighted by molar-refractivity contribution is 0.168. The molecule has 0 amide bonds. The molecule has 1 nitrogen and oxygen atoms in total. The minimum atomic E-state index is -1.73. The fraction of sp³-hybridized carbons (Fsp3) is 0.833. The van der Waals surface area contributed by atoms with Crippen LogP contribution in [0.25, 0.3) is 0 Å². The van der Waals surface area contributed by atoms with Gasteiger partial charge >= 0.3 is 0 Å². The Hall–Kier alpha value is -0.0831. The quantitative estimate of drug-likeness (QED) is 0.548. The second kappa shape index (κ2) is 3.82. The monoisotopic (exact) mass is 214 g/mol. The molecular formula is C12H26OSi. The van der Waals surface area contributed by atoms with E-state index >= 15 is 0 Å². The maximum absolute atomic E-state index is 10.6. The van der Waals surface area contributed by atoms with Gasteiger partial charge in [0.05, 0.1) is 13.3 Å². The third-order valence-corrected chi connectivity index (χ3v) is 10.9. The van der Waals surface area contributed by atoms with Crippen molar-refractivity contribution in [3.63, 3.8) is 0 Å². The molecule has 14 heavy (non-hydrogen) atoms. The van der Waals surface area contributed by atoms with Gasteiger partial charge in [0.25, 0.3) is 0 Å². The maximum atomic E-state index is 10.6. The van der Waals surface area contributed by atoms with Crippen LogP contribution in [0.4, 0.5) is 0 Å². The van der Waals surface area contributed by atoms with Gasteiger partial charge in [0.2, 0.25) is 0 Å². The standard InChI is InChI=1S/C12H26OSi/c1-9-10(2)12(6,13)14(7,8)11(3,4)5/h9,13H,1-8H3/b10-9+/t12-/m0/s1. The summed E-state index contributed by atoms with van der Waals surface area (Å²) in [5.41, 5.74) is 1.10. The van der Waals surface area contributed by atoms with Gasteiger partial charge in [-0.2, -0.15) is 0 Å². The van der Waals surface area contributed by atoms with Crippen LogP contribution in [0, 0.1) is 0 Å². The predicted octanol–water partition coefficient (Wildman–Crippen LogP) is 3.75. The highest BCUT2D eigenvalue weighted by atomic mass is 28.3. The largest absolute Gasteiger partial charge is 0.389 e. The highest BCUT2D eigenvalue weighted by Crippen LogP contribution is 2.45. The van der Waals surface area contributed by atoms with Crippen molar-refractivity contribution in [1.82, 2.24) is 0 Å². The summed E-state index contributed by atoms with van der Waals surface area (Å²) in [6.45, 7) is 17.2. The van der Waals surface area contributed by atoms with Gasteiger partial charge in [0, 0.05) is 0 Å². The minimum absolute atomic E-state index is 0.209. The van der Waals surface area contributed by atoms with Crippen LogP contribution in [0.5, 0.6) is 0 Å². The molecule has 0 fully saturated rings. The second-order valence-corrected chi connectivity index (χ2v) is 11.6. The van der Waals surface area contributed by atoms with E-state index in [0.717, 1.165) is 5.57 Å². The molecule has 1 N–H and O–H groups in total. The first-order valence-electron chi connectivity index (χ1n) is 5.34. The molecule has 0 aromatic carbocycles. The van der Waals surface area contributed by atoms with Crippen LogP contribution in [0.1, 0.15) is 41.5 Å². The van der Waals surface area contributed by atoms with Gasteiger partial charge < -0.3 is 5.11 Å². The Morgan fingerprint density at radius 2 is 1.50 bits per heavy atom. The number of hydrogen-bond donors (Lipinski definition) is 1. The fourth-order valence-electron chi connectivity index (χ4n) is 1.50. The Bertz CT molecular complexity index is 231. The molecule has 0 bridgehead atoms. The van der Waals surface area contributed by atoms with Crippen LogP contribution in [0.3, 0.4) is 0 Å². The lowest BCUT2D eigenvalue weighted by Crippen LogP contribution is -2.58. The second-order valence-electron chi connectivity index (χ2n) is 5.92. The molecule has 0 unspecified atom stereocenters. The van der Waals surface area contributed by atoms with Crippen LogP contribution in [0.2, 0.25) is 18.1 Å². The Morgan fingerprint density at radius 1 is 1.14 bits per heavy atom. The van der Waals surface area contributed by atoms with Crippen molar-refractivity contribution in [3.05, 3.63) is 11.6 Å². The molecule has 0 saturated heterocycles. The molecule has 0 aliphatic carbocycles. The fourth-order valence-corrected chi connectivity index (χ4v) is 4.09. The van der Waals surface area contributed by atoms with E-state index in [1.807, 2.05) is 26.8 Å². The van der Waals surface area contributed by atoms with Crippen molar-refractivity contribution in [3.8, 4) is 0 Å². The maximum Gasteiger partial charge on any atom is 0.0953 e. The van der Waals surface area contributed by atoms with E-state index in [4.69, 9.17) is 0 Å². The first kappa shape index (κ1) is 13.9. The summed E-state index contributed by atoms with van der Waals surface area (Å²) in [5.74, 6) is 0. The van der Waals surface area contributed by atoms with Crippen molar-refractivity contribution in [2.24, 2.45) is 0 Å². The summed E-state index contributed by atoms with van der Waals surface area (Å²) in [5, 5.41) is 10.2. The summed E-state index contributed by atoms with van der Waals surface area (Å²) >= 11 is 0. The highest BCUT2D eigenvalue weighted by molar-refractivity contribution is 6.83. The summed E-state index contributed by atoms with van der Waals surface area (Å²) in [7, 11) is -1.73. The molecule has 0 spiro atoms. The van der Waals surface area contributed by atoms with Crippen LogP contribution in [0.15, 0.2) is 11.6 Å². The SMILES string of the molecule is C/C=C(\C)[C@@](C)(O)[Si](C)(C)C(C)(C)C. The van der Waals surface area contributed by atoms with Crippen LogP contribution in [-0.2, 0) is 0 Å². The van der Waals surface area contributed by atoms with E-state index in [9.17, 15) is 5.11 Å². The van der Waals surface area contributed by atoms with Gasteiger partial charge in [0.1, 0.15) is 0 Å². The Kier molecular flexibility index (Phi) is 3.80. The zero-order valence-corrected chi connectivity index (χ0v) is 12.0. The molecule has 0 aromatic heterocycles. The molecule has 0 heterocycles. The first-order chi connectivity index (χ1) is 5.98. The van der Waals surface area contributed by atoms with E-state index in [1.165, 1.54) is 0 Å². The van der Waals surface area contributed by atoms with Gasteiger partial charge in [-0.25, -0.2) is 0 Å². The van der Waals surface area contributed by atoms with Crippen molar-refractivity contribution in [2.45, 2.75) is 64.9 Å². The summed E-state index contributed by atoms with van der Waals surface area (Å²) in [6.07, 6.45) is 2.03. The van der Waals surface area contributed by atoms with Crippen LogP contribution < -0.4 is 0 Å². The average Bonchev–Trinajstić information content (AvgIpc) is 2.00. The lowest BCUT2D eigenvalue weighted by Gasteiger charge is -2.48. The zero-order chi connectivity index (χ0) is 11.8. The van der Waals surface area contributed by atoms with Crippen molar-refractivity contribution in [1.29, 1.82) is 0 Å². The third kappa shape index (κ3) is 2.11. The molecule has 0 aliphatic heterocycles. The van der Waals surface area contributed by atoms with E-state index in [0.29, 0.717) is 0 Å². The summed E-state index contributed by atoms with van der Waals surface area (Å²) in [4.78, 5) is 0. The Morgan fingerprint density at radius 3 is 1.71 bits per heavy atom. The minimum Gasteiger partial charge on any atom is -0.389 e. The van der Waals surface area contributed by atoms with Gasteiger partial charge in [-0.1, -0.05) is 39.9 Å².